The van der Waals surface area contributed by atoms with Gasteiger partial charge >= 0.3 is 0 Å². The van der Waals surface area contributed by atoms with Crippen molar-refractivity contribution in [2.24, 2.45) is 5.92 Å². The molecule has 1 fully saturated rings. The minimum Gasteiger partial charge on any atom is -0.356 e. The first-order chi connectivity index (χ1) is 9.38. The van der Waals surface area contributed by atoms with Crippen molar-refractivity contribution in [2.45, 2.75) is 19.8 Å². The number of piperidine rings is 1. The van der Waals surface area contributed by atoms with Crippen LogP contribution in [0.15, 0.2) is 23.7 Å². The van der Waals surface area contributed by atoms with Gasteiger partial charge in [0.1, 0.15) is 5.82 Å². The van der Waals surface area contributed by atoms with Gasteiger partial charge < -0.3 is 10.2 Å². The van der Waals surface area contributed by atoms with E-state index in [0.29, 0.717) is 0 Å². The molecule has 1 aliphatic rings. The average molecular weight is 275 g/mol. The largest absolute Gasteiger partial charge is 0.356 e. The monoisotopic (exact) mass is 275 g/mol. The highest BCUT2D eigenvalue weighted by molar-refractivity contribution is 7.17. The van der Waals surface area contributed by atoms with E-state index in [-0.39, 0.29) is 0 Å². The van der Waals surface area contributed by atoms with Crippen LogP contribution in [0.25, 0.3) is 10.1 Å². The van der Waals surface area contributed by atoms with E-state index in [2.05, 4.69) is 39.6 Å². The quantitative estimate of drug-likeness (QED) is 0.929. The first-order valence-electron chi connectivity index (χ1n) is 7.16. The highest BCUT2D eigenvalue weighted by atomic mass is 32.1. The van der Waals surface area contributed by atoms with Crippen molar-refractivity contribution in [1.82, 2.24) is 10.3 Å². The number of nitrogens with zero attached hydrogens (tertiary/aromatic N) is 2. The van der Waals surface area contributed by atoms with E-state index in [1.807, 2.05) is 6.20 Å². The molecule has 3 nitrogen and oxygen atoms in total. The third kappa shape index (κ3) is 2.74. The Kier molecular flexibility index (Phi) is 3.99. The Morgan fingerprint density at radius 2 is 2.42 bits per heavy atom. The Morgan fingerprint density at radius 1 is 1.47 bits per heavy atom. The minimum absolute atomic E-state index is 0.754. The van der Waals surface area contributed by atoms with Gasteiger partial charge in [-0.05, 0) is 56.3 Å². The second kappa shape index (κ2) is 5.88. The number of rotatable bonds is 4. The maximum atomic E-state index is 4.63. The minimum atomic E-state index is 0.754. The van der Waals surface area contributed by atoms with Crippen molar-refractivity contribution in [1.29, 1.82) is 0 Å². The van der Waals surface area contributed by atoms with Gasteiger partial charge in [0.15, 0.2) is 0 Å². The van der Waals surface area contributed by atoms with Gasteiger partial charge in [-0.1, -0.05) is 0 Å². The lowest BCUT2D eigenvalue weighted by molar-refractivity contribution is 0.377. The standard InChI is InChI=1S/C15H21N3S/c1-2-18(11-12-4-3-7-16-10-12)15-13-6-9-19-14(13)5-8-17-15/h5-6,8-9,12,16H,2-4,7,10-11H2,1H3. The van der Waals surface area contributed by atoms with Crippen molar-refractivity contribution in [3.05, 3.63) is 23.7 Å². The molecule has 1 unspecified atom stereocenters. The Bertz CT molecular complexity index is 531. The maximum Gasteiger partial charge on any atom is 0.137 e. The smallest absolute Gasteiger partial charge is 0.137 e. The zero-order valence-corrected chi connectivity index (χ0v) is 12.2. The van der Waals surface area contributed by atoms with Crippen LogP contribution in [0.4, 0.5) is 5.82 Å². The predicted octanol–water partition coefficient (Wildman–Crippen LogP) is 3.12. The second-order valence-corrected chi connectivity index (χ2v) is 6.17. The molecule has 0 radical (unpaired) electrons. The number of aromatic nitrogens is 1. The van der Waals surface area contributed by atoms with Crippen LogP contribution >= 0.6 is 11.3 Å². The van der Waals surface area contributed by atoms with Gasteiger partial charge in [-0.25, -0.2) is 4.98 Å². The zero-order chi connectivity index (χ0) is 13.1. The molecule has 0 aliphatic carbocycles. The third-order valence-corrected chi connectivity index (χ3v) is 4.80. The van der Waals surface area contributed by atoms with E-state index in [4.69, 9.17) is 0 Å². The summed E-state index contributed by atoms with van der Waals surface area (Å²) in [4.78, 5) is 7.07. The van der Waals surface area contributed by atoms with Gasteiger partial charge in [0.05, 0.1) is 0 Å². The summed E-state index contributed by atoms with van der Waals surface area (Å²) in [5.74, 6) is 1.91. The van der Waals surface area contributed by atoms with E-state index >= 15 is 0 Å². The summed E-state index contributed by atoms with van der Waals surface area (Å²) in [7, 11) is 0. The SMILES string of the molecule is CCN(CC1CCCNC1)c1nccc2sccc12. The van der Waals surface area contributed by atoms with Crippen LogP contribution in [0.3, 0.4) is 0 Å². The Balaban J connectivity index is 1.82. The van der Waals surface area contributed by atoms with Gasteiger partial charge in [-0.2, -0.15) is 0 Å². The van der Waals surface area contributed by atoms with Crippen LogP contribution in [-0.2, 0) is 0 Å². The molecule has 0 aromatic carbocycles. The summed E-state index contributed by atoms with van der Waals surface area (Å²) in [6.07, 6.45) is 4.58. The summed E-state index contributed by atoms with van der Waals surface area (Å²) < 4.78 is 1.34. The van der Waals surface area contributed by atoms with E-state index in [0.717, 1.165) is 31.4 Å². The molecule has 2 aromatic rings. The molecule has 0 amide bonds. The molecule has 1 N–H and O–H groups in total. The van der Waals surface area contributed by atoms with Crippen LogP contribution in [-0.4, -0.2) is 31.2 Å². The van der Waals surface area contributed by atoms with E-state index in [1.165, 1.54) is 29.5 Å². The number of pyridine rings is 1. The summed E-state index contributed by atoms with van der Waals surface area (Å²) in [6.45, 7) is 6.70. The maximum absolute atomic E-state index is 4.63. The van der Waals surface area contributed by atoms with Crippen LogP contribution in [0, 0.1) is 5.92 Å². The lowest BCUT2D eigenvalue weighted by Crippen LogP contribution is -2.38. The number of fused-ring (bicyclic) bond motifs is 1. The molecule has 1 aliphatic heterocycles. The molecular formula is C15H21N3S. The molecule has 0 bridgehead atoms. The fourth-order valence-corrected chi connectivity index (χ4v) is 3.67. The van der Waals surface area contributed by atoms with Gasteiger partial charge in [0.25, 0.3) is 0 Å². The summed E-state index contributed by atoms with van der Waals surface area (Å²) in [5, 5.41) is 6.97. The Hall–Kier alpha value is -1.13. The lowest BCUT2D eigenvalue weighted by Gasteiger charge is -2.30. The summed E-state index contributed by atoms with van der Waals surface area (Å²) >= 11 is 1.80. The van der Waals surface area contributed by atoms with Crippen molar-refractivity contribution in [3.8, 4) is 0 Å². The van der Waals surface area contributed by atoms with Gasteiger partial charge in [-0.3, -0.25) is 0 Å². The normalized spacial score (nSPS) is 19.7. The number of hydrogen-bond acceptors (Lipinski definition) is 4. The highest BCUT2D eigenvalue weighted by Gasteiger charge is 2.18. The van der Waals surface area contributed by atoms with E-state index in [9.17, 15) is 0 Å². The summed E-state index contributed by atoms with van der Waals surface area (Å²) in [5.41, 5.74) is 0. The van der Waals surface area contributed by atoms with Crippen LogP contribution in [0.1, 0.15) is 19.8 Å². The highest BCUT2D eigenvalue weighted by Crippen LogP contribution is 2.29. The van der Waals surface area contributed by atoms with Crippen molar-refractivity contribution < 1.29 is 0 Å². The van der Waals surface area contributed by atoms with E-state index < -0.39 is 0 Å². The Labute approximate surface area is 118 Å². The molecule has 2 aromatic heterocycles. The number of hydrogen-bond donors (Lipinski definition) is 1. The molecular weight excluding hydrogens is 254 g/mol. The fourth-order valence-electron chi connectivity index (χ4n) is 2.89. The molecule has 1 saturated heterocycles. The Morgan fingerprint density at radius 3 is 3.21 bits per heavy atom. The number of thiophene rings is 1. The fraction of sp³-hybridized carbons (Fsp3) is 0.533. The molecule has 1 atom stereocenters. The average Bonchev–Trinajstić information content (AvgIpc) is 2.94. The third-order valence-electron chi connectivity index (χ3n) is 3.92. The number of nitrogens with one attached hydrogen (secondary N) is 1. The first kappa shape index (κ1) is 12.9. The van der Waals surface area contributed by atoms with E-state index in [1.54, 1.807) is 11.3 Å². The van der Waals surface area contributed by atoms with Gasteiger partial charge in [-0.15, -0.1) is 11.3 Å². The summed E-state index contributed by atoms with van der Waals surface area (Å²) in [6, 6.07) is 4.31. The molecule has 3 rings (SSSR count). The molecule has 0 saturated carbocycles. The molecule has 19 heavy (non-hydrogen) atoms. The first-order valence-corrected chi connectivity index (χ1v) is 8.04. The zero-order valence-electron chi connectivity index (χ0n) is 11.4. The van der Waals surface area contributed by atoms with Crippen molar-refractivity contribution in [2.75, 3.05) is 31.1 Å². The molecule has 4 heteroatoms. The molecule has 102 valence electrons. The van der Waals surface area contributed by atoms with Crippen LogP contribution < -0.4 is 10.2 Å². The van der Waals surface area contributed by atoms with Crippen LogP contribution in [0.5, 0.6) is 0 Å². The molecule has 0 spiro atoms. The van der Waals surface area contributed by atoms with Crippen molar-refractivity contribution >= 4 is 27.2 Å². The second-order valence-electron chi connectivity index (χ2n) is 5.22. The predicted molar refractivity (Wildman–Crippen MR) is 83.1 cm³/mol. The van der Waals surface area contributed by atoms with Crippen LogP contribution in [0.2, 0.25) is 0 Å². The topological polar surface area (TPSA) is 28.2 Å². The number of anilines is 1. The van der Waals surface area contributed by atoms with Gasteiger partial charge in [0.2, 0.25) is 0 Å². The molecule has 3 heterocycles. The van der Waals surface area contributed by atoms with Crippen molar-refractivity contribution in [3.63, 3.8) is 0 Å². The lowest BCUT2D eigenvalue weighted by atomic mass is 9.99. The van der Waals surface area contributed by atoms with Gasteiger partial charge in [0, 0.05) is 29.4 Å².